The van der Waals surface area contributed by atoms with Gasteiger partial charge in [0.1, 0.15) is 10.7 Å². The van der Waals surface area contributed by atoms with E-state index in [0.717, 1.165) is 6.07 Å². The summed E-state index contributed by atoms with van der Waals surface area (Å²) in [6.45, 7) is 5.76. The van der Waals surface area contributed by atoms with Gasteiger partial charge in [0.05, 0.1) is 23.9 Å². The number of nitrogens with zero attached hydrogens (tertiary/aromatic N) is 3. The van der Waals surface area contributed by atoms with Gasteiger partial charge in [0.15, 0.2) is 17.5 Å². The second-order valence-electron chi connectivity index (χ2n) is 9.72. The van der Waals surface area contributed by atoms with Crippen LogP contribution >= 0.6 is 11.6 Å². The van der Waals surface area contributed by atoms with E-state index < -0.39 is 23.2 Å². The first kappa shape index (κ1) is 27.0. The van der Waals surface area contributed by atoms with Gasteiger partial charge < -0.3 is 15.8 Å². The Hall–Kier alpha value is -3.05. The maximum absolute atomic E-state index is 14.0. The zero-order valence-electron chi connectivity index (χ0n) is 21.0. The SMILES string of the molecule is COCCN1C[C@@H](NC(=O)Nc2c(Cl)c(C(C)(C)N)nn2-c2ccccc2)[C@H](c2ccc(F)c(F)c2)C1. The second-order valence-corrected chi connectivity index (χ2v) is 10.1. The van der Waals surface area contributed by atoms with Gasteiger partial charge in [0, 0.05) is 32.7 Å². The smallest absolute Gasteiger partial charge is 0.320 e. The van der Waals surface area contributed by atoms with Crippen LogP contribution in [-0.2, 0) is 10.3 Å². The van der Waals surface area contributed by atoms with E-state index in [-0.39, 0.29) is 22.8 Å². The van der Waals surface area contributed by atoms with Crippen LogP contribution < -0.4 is 16.4 Å². The van der Waals surface area contributed by atoms with Gasteiger partial charge in [0.2, 0.25) is 0 Å². The Kier molecular flexibility index (Phi) is 8.13. The highest BCUT2D eigenvalue weighted by atomic mass is 35.5. The number of carbonyl (C=O) groups is 1. The second kappa shape index (κ2) is 11.1. The largest absolute Gasteiger partial charge is 0.383 e. The van der Waals surface area contributed by atoms with Crippen LogP contribution in [0.25, 0.3) is 5.69 Å². The van der Waals surface area contributed by atoms with Gasteiger partial charge in [-0.05, 0) is 43.7 Å². The molecule has 0 radical (unpaired) electrons. The minimum Gasteiger partial charge on any atom is -0.383 e. The minimum absolute atomic E-state index is 0.233. The number of para-hydroxylation sites is 1. The molecule has 4 N–H and O–H groups in total. The van der Waals surface area contributed by atoms with Crippen LogP contribution in [0.5, 0.6) is 0 Å². The average Bonchev–Trinajstić information content (AvgIpc) is 3.40. The molecule has 1 aliphatic rings. The number of ether oxygens (including phenoxy) is 1. The molecular formula is C26H31ClF2N6O2. The maximum Gasteiger partial charge on any atom is 0.320 e. The Balaban J connectivity index is 1.60. The Bertz CT molecular complexity index is 1250. The third-order valence-corrected chi connectivity index (χ3v) is 6.72. The van der Waals surface area contributed by atoms with E-state index in [1.807, 2.05) is 30.3 Å². The van der Waals surface area contributed by atoms with Crippen LogP contribution in [0.3, 0.4) is 0 Å². The van der Waals surface area contributed by atoms with Crippen molar-refractivity contribution in [1.82, 2.24) is 20.0 Å². The highest BCUT2D eigenvalue weighted by Crippen LogP contribution is 2.34. The molecule has 0 saturated carbocycles. The predicted octanol–water partition coefficient (Wildman–Crippen LogP) is 4.23. The number of nitrogens with two attached hydrogens (primary N) is 1. The van der Waals surface area contributed by atoms with Gasteiger partial charge >= 0.3 is 6.03 Å². The Morgan fingerprint density at radius 2 is 1.92 bits per heavy atom. The van der Waals surface area contributed by atoms with E-state index in [9.17, 15) is 13.6 Å². The van der Waals surface area contributed by atoms with Crippen LogP contribution in [0.15, 0.2) is 48.5 Å². The normalized spacial score (nSPS) is 18.2. The Morgan fingerprint density at radius 1 is 1.19 bits per heavy atom. The zero-order chi connectivity index (χ0) is 26.7. The summed E-state index contributed by atoms with van der Waals surface area (Å²) in [6.07, 6.45) is 0. The number of rotatable bonds is 8. The van der Waals surface area contributed by atoms with Crippen molar-refractivity contribution in [3.63, 3.8) is 0 Å². The summed E-state index contributed by atoms with van der Waals surface area (Å²) in [6, 6.07) is 12.2. The molecule has 1 fully saturated rings. The van der Waals surface area contributed by atoms with E-state index >= 15 is 0 Å². The maximum atomic E-state index is 14.0. The highest BCUT2D eigenvalue weighted by molar-refractivity contribution is 6.34. The summed E-state index contributed by atoms with van der Waals surface area (Å²) in [5.41, 5.74) is 7.15. The lowest BCUT2D eigenvalue weighted by molar-refractivity contribution is 0.159. The lowest BCUT2D eigenvalue weighted by Gasteiger charge is -2.21. The van der Waals surface area contributed by atoms with Crippen molar-refractivity contribution in [3.05, 3.63) is 76.4 Å². The van der Waals surface area contributed by atoms with Crippen molar-refractivity contribution in [2.45, 2.75) is 31.3 Å². The van der Waals surface area contributed by atoms with Gasteiger partial charge in [-0.3, -0.25) is 10.2 Å². The monoisotopic (exact) mass is 532 g/mol. The van der Waals surface area contributed by atoms with Crippen LogP contribution in [0, 0.1) is 11.6 Å². The number of urea groups is 1. The lowest BCUT2D eigenvalue weighted by atomic mass is 9.94. The molecule has 3 aromatic rings. The first-order chi connectivity index (χ1) is 17.6. The molecule has 198 valence electrons. The van der Waals surface area contributed by atoms with Crippen LogP contribution in [0.2, 0.25) is 5.02 Å². The molecule has 11 heteroatoms. The fourth-order valence-electron chi connectivity index (χ4n) is 4.50. The molecule has 1 aliphatic heterocycles. The molecule has 2 heterocycles. The van der Waals surface area contributed by atoms with Gasteiger partial charge in [-0.1, -0.05) is 35.9 Å². The van der Waals surface area contributed by atoms with Crippen molar-refractivity contribution >= 4 is 23.4 Å². The molecule has 0 spiro atoms. The number of halogens is 3. The molecule has 2 amide bonds. The predicted molar refractivity (Wildman–Crippen MR) is 139 cm³/mol. The van der Waals surface area contributed by atoms with Gasteiger partial charge in [0.25, 0.3) is 0 Å². The molecule has 0 aliphatic carbocycles. The number of hydrogen-bond donors (Lipinski definition) is 3. The summed E-state index contributed by atoms with van der Waals surface area (Å²) >= 11 is 6.66. The van der Waals surface area contributed by atoms with Crippen LogP contribution in [0.4, 0.5) is 19.4 Å². The lowest BCUT2D eigenvalue weighted by Crippen LogP contribution is -2.42. The standard InChI is InChI=1S/C26H31ClF2N6O2/c1-26(2,30)23-22(27)24(35(33-23)17-7-5-4-6-8-17)32-25(36)31-21-15-34(11-12-37-3)14-18(21)16-9-10-19(28)20(29)13-16/h4-10,13,18,21H,11-12,14-15,30H2,1-3H3,(H2,31,32,36)/t18-,21+/m0/s1. The number of likely N-dealkylation sites (tertiary alicyclic amines) is 1. The fraction of sp³-hybridized carbons (Fsp3) is 0.385. The number of amides is 2. The molecular weight excluding hydrogens is 502 g/mol. The molecule has 0 bridgehead atoms. The average molecular weight is 533 g/mol. The van der Waals surface area contributed by atoms with Crippen molar-refractivity contribution in [2.75, 3.05) is 38.7 Å². The van der Waals surface area contributed by atoms with E-state index in [1.54, 1.807) is 27.0 Å². The topological polar surface area (TPSA) is 97.4 Å². The zero-order valence-corrected chi connectivity index (χ0v) is 21.7. The van der Waals surface area contributed by atoms with Crippen LogP contribution in [0.1, 0.15) is 31.0 Å². The van der Waals surface area contributed by atoms with Gasteiger partial charge in [-0.15, -0.1) is 0 Å². The molecule has 2 atom stereocenters. The number of aromatic nitrogens is 2. The van der Waals surface area contributed by atoms with Crippen molar-refractivity contribution in [3.8, 4) is 5.69 Å². The molecule has 2 aromatic carbocycles. The van der Waals surface area contributed by atoms with Crippen molar-refractivity contribution in [1.29, 1.82) is 0 Å². The Labute approximate surface area is 219 Å². The number of carbonyl (C=O) groups excluding carboxylic acids is 1. The summed E-state index contributed by atoms with van der Waals surface area (Å²) in [4.78, 5) is 15.4. The third kappa shape index (κ3) is 6.10. The number of benzene rings is 2. The molecule has 0 unspecified atom stereocenters. The number of nitrogens with one attached hydrogen (secondary N) is 2. The third-order valence-electron chi connectivity index (χ3n) is 6.37. The number of methoxy groups -OCH3 is 1. The van der Waals surface area contributed by atoms with Gasteiger partial charge in [-0.2, -0.15) is 5.10 Å². The summed E-state index contributed by atoms with van der Waals surface area (Å²) < 4.78 is 34.3. The first-order valence-electron chi connectivity index (χ1n) is 12.0. The van der Waals surface area contributed by atoms with E-state index in [2.05, 4.69) is 20.6 Å². The van der Waals surface area contributed by atoms with Crippen molar-refractivity contribution < 1.29 is 18.3 Å². The van der Waals surface area contributed by atoms with Crippen molar-refractivity contribution in [2.24, 2.45) is 5.73 Å². The Morgan fingerprint density at radius 3 is 2.57 bits per heavy atom. The quantitative estimate of drug-likeness (QED) is 0.403. The number of hydrogen-bond acceptors (Lipinski definition) is 5. The summed E-state index contributed by atoms with van der Waals surface area (Å²) in [5.74, 6) is -1.82. The number of anilines is 1. The minimum atomic E-state index is -0.925. The molecule has 37 heavy (non-hydrogen) atoms. The molecule has 1 saturated heterocycles. The van der Waals surface area contributed by atoms with E-state index in [1.165, 1.54) is 10.7 Å². The van der Waals surface area contributed by atoms with E-state index in [0.29, 0.717) is 43.2 Å². The summed E-state index contributed by atoms with van der Waals surface area (Å²) in [7, 11) is 1.61. The van der Waals surface area contributed by atoms with Gasteiger partial charge in [-0.25, -0.2) is 18.3 Å². The highest BCUT2D eigenvalue weighted by Gasteiger charge is 2.36. The summed E-state index contributed by atoms with van der Waals surface area (Å²) in [5, 5.41) is 10.6. The molecule has 4 rings (SSSR count). The fourth-order valence-corrected chi connectivity index (χ4v) is 4.91. The van der Waals surface area contributed by atoms with Crippen LogP contribution in [-0.4, -0.2) is 60.1 Å². The van der Waals surface area contributed by atoms with E-state index in [4.69, 9.17) is 22.1 Å². The molecule has 1 aromatic heterocycles. The molecule has 8 nitrogen and oxygen atoms in total. The first-order valence-corrected chi connectivity index (χ1v) is 12.3.